The molecule has 2 rings (SSSR count). The number of nitrogens with one attached hydrogen (secondary N) is 2. The molecular formula is C19H32ClN3O3S. The van der Waals surface area contributed by atoms with Gasteiger partial charge in [0.25, 0.3) is 0 Å². The van der Waals surface area contributed by atoms with E-state index in [2.05, 4.69) is 10.0 Å². The van der Waals surface area contributed by atoms with Crippen molar-refractivity contribution >= 4 is 28.3 Å². The zero-order valence-electron chi connectivity index (χ0n) is 16.6. The number of carbonyl (C=O) groups is 1. The molecule has 6 nitrogen and oxygen atoms in total. The molecule has 27 heavy (non-hydrogen) atoms. The Morgan fingerprint density at radius 3 is 2.22 bits per heavy atom. The molecule has 1 saturated heterocycles. The molecule has 0 aromatic heterocycles. The number of sulfonamides is 1. The number of likely N-dealkylation sites (tertiary alicyclic amines) is 1. The minimum absolute atomic E-state index is 0. The Kier molecular flexibility index (Phi) is 9.21. The Morgan fingerprint density at radius 1 is 1.19 bits per heavy atom. The van der Waals surface area contributed by atoms with Crippen LogP contribution in [0.3, 0.4) is 0 Å². The molecule has 1 aromatic carbocycles. The van der Waals surface area contributed by atoms with Gasteiger partial charge >= 0.3 is 0 Å². The molecule has 0 spiro atoms. The van der Waals surface area contributed by atoms with Gasteiger partial charge in [-0.2, -0.15) is 4.72 Å². The number of nitrogens with zero attached hydrogens (tertiary/aromatic N) is 1. The summed E-state index contributed by atoms with van der Waals surface area (Å²) in [6.45, 7) is 7.21. The molecule has 1 aromatic rings. The molecule has 1 amide bonds. The van der Waals surface area contributed by atoms with Crippen molar-refractivity contribution in [3.63, 3.8) is 0 Å². The van der Waals surface area contributed by atoms with E-state index in [1.807, 2.05) is 27.8 Å². The normalized spacial score (nSPS) is 16.9. The van der Waals surface area contributed by atoms with Crippen molar-refractivity contribution in [1.29, 1.82) is 0 Å². The van der Waals surface area contributed by atoms with Crippen LogP contribution in [0.25, 0.3) is 0 Å². The number of hydrogen-bond donors (Lipinski definition) is 2. The maximum Gasteiger partial charge on any atom is 0.241 e. The predicted octanol–water partition coefficient (Wildman–Crippen LogP) is 2.32. The minimum atomic E-state index is -3.73. The van der Waals surface area contributed by atoms with E-state index in [0.717, 1.165) is 18.4 Å². The van der Waals surface area contributed by atoms with E-state index >= 15 is 0 Å². The van der Waals surface area contributed by atoms with Crippen LogP contribution in [0.2, 0.25) is 0 Å². The quantitative estimate of drug-likeness (QED) is 0.713. The summed E-state index contributed by atoms with van der Waals surface area (Å²) in [5.74, 6) is 0.0865. The maximum absolute atomic E-state index is 13.0. The van der Waals surface area contributed by atoms with Crippen LogP contribution < -0.4 is 10.0 Å². The van der Waals surface area contributed by atoms with Crippen LogP contribution in [0.15, 0.2) is 29.2 Å². The van der Waals surface area contributed by atoms with Gasteiger partial charge in [0.2, 0.25) is 15.9 Å². The van der Waals surface area contributed by atoms with Crippen LogP contribution in [0, 0.1) is 12.8 Å². The number of rotatable bonds is 7. The fraction of sp³-hybridized carbons (Fsp3) is 0.632. The van der Waals surface area contributed by atoms with Gasteiger partial charge in [-0.05, 0) is 51.3 Å². The Morgan fingerprint density at radius 2 is 1.74 bits per heavy atom. The number of benzene rings is 1. The van der Waals surface area contributed by atoms with Gasteiger partial charge in [-0.1, -0.05) is 31.5 Å². The highest BCUT2D eigenvalue weighted by Gasteiger charge is 2.31. The van der Waals surface area contributed by atoms with Crippen molar-refractivity contribution in [2.45, 2.75) is 57.0 Å². The van der Waals surface area contributed by atoms with Gasteiger partial charge in [0.15, 0.2) is 0 Å². The highest BCUT2D eigenvalue weighted by molar-refractivity contribution is 7.89. The van der Waals surface area contributed by atoms with Crippen molar-refractivity contribution in [3.05, 3.63) is 29.8 Å². The summed E-state index contributed by atoms with van der Waals surface area (Å²) in [5, 5.41) is 3.24. The first-order valence-electron chi connectivity index (χ1n) is 9.28. The Hall–Kier alpha value is -1.15. The van der Waals surface area contributed by atoms with E-state index in [1.165, 1.54) is 0 Å². The van der Waals surface area contributed by atoms with Gasteiger partial charge in [-0.3, -0.25) is 4.79 Å². The lowest BCUT2D eigenvalue weighted by molar-refractivity contribution is -0.134. The Bertz CT molecular complexity index is 699. The third-order valence-corrected chi connectivity index (χ3v) is 6.34. The van der Waals surface area contributed by atoms with Crippen LogP contribution in [0.4, 0.5) is 0 Å². The fourth-order valence-corrected chi connectivity index (χ4v) is 4.45. The highest BCUT2D eigenvalue weighted by Crippen LogP contribution is 2.17. The molecule has 2 N–H and O–H groups in total. The van der Waals surface area contributed by atoms with Gasteiger partial charge in [0, 0.05) is 19.1 Å². The molecule has 1 heterocycles. The molecule has 1 unspecified atom stereocenters. The molecule has 0 bridgehead atoms. The smallest absolute Gasteiger partial charge is 0.241 e. The second-order valence-electron chi connectivity index (χ2n) is 7.50. The average molecular weight is 418 g/mol. The zero-order chi connectivity index (χ0) is 19.3. The monoisotopic (exact) mass is 417 g/mol. The van der Waals surface area contributed by atoms with Crippen molar-refractivity contribution in [2.75, 3.05) is 20.1 Å². The van der Waals surface area contributed by atoms with Crippen molar-refractivity contribution < 1.29 is 13.2 Å². The number of halogens is 1. The van der Waals surface area contributed by atoms with E-state index < -0.39 is 16.1 Å². The molecule has 154 valence electrons. The lowest BCUT2D eigenvalue weighted by atomic mass is 10.0. The fourth-order valence-electron chi connectivity index (χ4n) is 3.25. The van der Waals surface area contributed by atoms with Crippen molar-refractivity contribution in [3.8, 4) is 0 Å². The minimum Gasteiger partial charge on any atom is -0.341 e. The molecular weight excluding hydrogens is 386 g/mol. The summed E-state index contributed by atoms with van der Waals surface area (Å²) >= 11 is 0. The first-order chi connectivity index (χ1) is 12.2. The first-order valence-corrected chi connectivity index (χ1v) is 10.8. The van der Waals surface area contributed by atoms with E-state index in [0.29, 0.717) is 25.6 Å². The maximum atomic E-state index is 13.0. The first kappa shape index (κ1) is 23.9. The third-order valence-electron chi connectivity index (χ3n) is 4.85. The largest absolute Gasteiger partial charge is 0.341 e. The van der Waals surface area contributed by atoms with E-state index in [4.69, 9.17) is 0 Å². The Balaban J connectivity index is 0.00000364. The molecule has 1 atom stereocenters. The summed E-state index contributed by atoms with van der Waals surface area (Å²) in [4.78, 5) is 15.0. The second-order valence-corrected chi connectivity index (χ2v) is 9.22. The topological polar surface area (TPSA) is 78.5 Å². The SMILES string of the molecule is CNC1CCN(C(=O)C(CC(C)C)NS(=O)(=O)c2ccc(C)cc2)CC1.Cl. The molecule has 1 fully saturated rings. The lowest BCUT2D eigenvalue weighted by Gasteiger charge is -2.34. The molecule has 0 radical (unpaired) electrons. The van der Waals surface area contributed by atoms with Crippen molar-refractivity contribution in [2.24, 2.45) is 5.92 Å². The van der Waals surface area contributed by atoms with Crippen molar-refractivity contribution in [1.82, 2.24) is 14.9 Å². The van der Waals surface area contributed by atoms with Crippen LogP contribution in [0.1, 0.15) is 38.7 Å². The molecule has 1 aliphatic heterocycles. The molecule has 8 heteroatoms. The van der Waals surface area contributed by atoms with Gasteiger partial charge in [0.05, 0.1) is 4.90 Å². The van der Waals surface area contributed by atoms with Crippen LogP contribution in [-0.4, -0.2) is 51.4 Å². The third kappa shape index (κ3) is 6.75. The molecule has 0 aliphatic carbocycles. The second kappa shape index (κ2) is 10.4. The summed E-state index contributed by atoms with van der Waals surface area (Å²) in [7, 11) is -1.80. The van der Waals surface area contributed by atoms with E-state index in [-0.39, 0.29) is 29.1 Å². The highest BCUT2D eigenvalue weighted by atomic mass is 35.5. The van der Waals surface area contributed by atoms with E-state index in [9.17, 15) is 13.2 Å². The van der Waals surface area contributed by atoms with Crippen LogP contribution >= 0.6 is 12.4 Å². The average Bonchev–Trinajstić information content (AvgIpc) is 2.60. The van der Waals surface area contributed by atoms with Gasteiger partial charge in [-0.25, -0.2) is 8.42 Å². The summed E-state index contributed by atoms with van der Waals surface area (Å²) in [6.07, 6.45) is 2.26. The lowest BCUT2D eigenvalue weighted by Crippen LogP contribution is -2.52. The standard InChI is InChI=1S/C19H31N3O3S.ClH/c1-14(2)13-18(19(23)22-11-9-16(20-4)10-12-22)21-26(24,25)17-7-5-15(3)6-8-17;/h5-8,14,16,18,20-21H,9-13H2,1-4H3;1H. The summed E-state index contributed by atoms with van der Waals surface area (Å²) in [5.41, 5.74) is 0.992. The van der Waals surface area contributed by atoms with E-state index in [1.54, 1.807) is 29.2 Å². The zero-order valence-corrected chi connectivity index (χ0v) is 18.2. The summed E-state index contributed by atoms with van der Waals surface area (Å²) in [6, 6.07) is 6.37. The predicted molar refractivity (Wildman–Crippen MR) is 111 cm³/mol. The summed E-state index contributed by atoms with van der Waals surface area (Å²) < 4.78 is 28.1. The number of carbonyl (C=O) groups excluding carboxylic acids is 1. The van der Waals surface area contributed by atoms with Gasteiger partial charge < -0.3 is 10.2 Å². The number of hydrogen-bond acceptors (Lipinski definition) is 4. The van der Waals surface area contributed by atoms with Gasteiger partial charge in [-0.15, -0.1) is 12.4 Å². The molecule has 0 saturated carbocycles. The number of amides is 1. The van der Waals surface area contributed by atoms with Crippen LogP contribution in [-0.2, 0) is 14.8 Å². The molecule has 1 aliphatic rings. The number of aryl methyl sites for hydroxylation is 1. The number of piperidine rings is 1. The Labute approximate surface area is 169 Å². The van der Waals surface area contributed by atoms with Gasteiger partial charge in [0.1, 0.15) is 6.04 Å². The van der Waals surface area contributed by atoms with Crippen LogP contribution in [0.5, 0.6) is 0 Å².